The second-order valence-corrected chi connectivity index (χ2v) is 7.45. The van der Waals surface area contributed by atoms with E-state index in [1.165, 1.54) is 36.4 Å². The van der Waals surface area contributed by atoms with E-state index in [1.807, 2.05) is 0 Å². The zero-order chi connectivity index (χ0) is 18.0. The standard InChI is InChI=1S/C17H15F6P/c1-2-11-24(14-9-5-3-7-12(14)16(18,19)20)15-10-6-4-8-13(15)17(21,22)23/h3-10H,2,11H2,1H3. The van der Waals surface area contributed by atoms with Gasteiger partial charge >= 0.3 is 12.4 Å². The first kappa shape index (κ1) is 18.8. The number of rotatable bonds is 4. The molecule has 0 N–H and O–H groups in total. The van der Waals surface area contributed by atoms with E-state index in [2.05, 4.69) is 0 Å². The summed E-state index contributed by atoms with van der Waals surface area (Å²) >= 11 is 0. The van der Waals surface area contributed by atoms with Gasteiger partial charge in [-0.1, -0.05) is 49.7 Å². The highest BCUT2D eigenvalue weighted by molar-refractivity contribution is 7.73. The summed E-state index contributed by atoms with van der Waals surface area (Å²) in [6.07, 6.45) is -8.45. The summed E-state index contributed by atoms with van der Waals surface area (Å²) in [5, 5.41) is -0.114. The van der Waals surface area contributed by atoms with Gasteiger partial charge in [-0.15, -0.1) is 0 Å². The summed E-state index contributed by atoms with van der Waals surface area (Å²) in [6, 6.07) is 9.81. The molecule has 2 aromatic carbocycles. The normalized spacial score (nSPS) is 12.7. The molecule has 0 saturated heterocycles. The van der Waals surface area contributed by atoms with Gasteiger partial charge in [0.05, 0.1) is 11.1 Å². The second-order valence-electron chi connectivity index (χ2n) is 5.18. The van der Waals surface area contributed by atoms with Crippen LogP contribution in [-0.2, 0) is 12.4 Å². The van der Waals surface area contributed by atoms with E-state index in [9.17, 15) is 26.3 Å². The molecule has 2 rings (SSSR count). The predicted octanol–water partition coefficient (Wildman–Crippen LogP) is 5.57. The first-order valence-corrected chi connectivity index (χ1v) is 8.79. The molecule has 0 bridgehead atoms. The van der Waals surface area contributed by atoms with Gasteiger partial charge in [-0.3, -0.25) is 0 Å². The van der Waals surface area contributed by atoms with Crippen LogP contribution in [0.3, 0.4) is 0 Å². The Kier molecular flexibility index (Phi) is 5.59. The van der Waals surface area contributed by atoms with Crippen molar-refractivity contribution in [1.82, 2.24) is 0 Å². The first-order valence-electron chi connectivity index (χ1n) is 7.26. The molecule has 0 aliphatic heterocycles. The smallest absolute Gasteiger partial charge is 0.166 e. The van der Waals surface area contributed by atoms with Crippen molar-refractivity contribution in [3.05, 3.63) is 59.7 Å². The zero-order valence-corrected chi connectivity index (χ0v) is 13.6. The zero-order valence-electron chi connectivity index (χ0n) is 12.7. The molecule has 0 fully saturated rings. The Hall–Kier alpha value is -1.55. The topological polar surface area (TPSA) is 0 Å². The lowest BCUT2D eigenvalue weighted by Crippen LogP contribution is -2.27. The maximum atomic E-state index is 13.3. The molecular formula is C17H15F6P. The Labute approximate surface area is 137 Å². The van der Waals surface area contributed by atoms with Crippen LogP contribution in [0.5, 0.6) is 0 Å². The quantitative estimate of drug-likeness (QED) is 0.492. The van der Waals surface area contributed by atoms with Crippen LogP contribution < -0.4 is 10.6 Å². The molecule has 0 aliphatic rings. The molecule has 0 spiro atoms. The number of hydrogen-bond acceptors (Lipinski definition) is 0. The van der Waals surface area contributed by atoms with Crippen LogP contribution >= 0.6 is 7.92 Å². The first-order chi connectivity index (χ1) is 11.2. The molecule has 0 saturated carbocycles. The summed E-state index contributed by atoms with van der Waals surface area (Å²) in [7, 11) is -1.76. The van der Waals surface area contributed by atoms with E-state index in [0.717, 1.165) is 12.1 Å². The van der Waals surface area contributed by atoms with Crippen molar-refractivity contribution in [1.29, 1.82) is 0 Å². The Bertz CT molecular complexity index is 632. The highest BCUT2D eigenvalue weighted by atomic mass is 31.1. The number of alkyl halides is 6. The molecule has 24 heavy (non-hydrogen) atoms. The lowest BCUT2D eigenvalue weighted by Gasteiger charge is -2.25. The van der Waals surface area contributed by atoms with E-state index in [1.54, 1.807) is 6.92 Å². The van der Waals surface area contributed by atoms with Gasteiger partial charge in [-0.25, -0.2) is 0 Å². The molecule has 0 atom stereocenters. The second kappa shape index (κ2) is 7.14. The monoisotopic (exact) mass is 364 g/mol. The average Bonchev–Trinajstić information content (AvgIpc) is 2.51. The Morgan fingerprint density at radius 1 is 0.708 bits per heavy atom. The van der Waals surface area contributed by atoms with Gasteiger partial charge in [-0.2, -0.15) is 26.3 Å². The SMILES string of the molecule is CCCP(c1ccccc1C(F)(F)F)c1ccccc1C(F)(F)F. The molecule has 0 aliphatic carbocycles. The van der Waals surface area contributed by atoms with Gasteiger partial charge < -0.3 is 0 Å². The van der Waals surface area contributed by atoms with Crippen molar-refractivity contribution < 1.29 is 26.3 Å². The van der Waals surface area contributed by atoms with Gasteiger partial charge in [0.1, 0.15) is 0 Å². The summed E-state index contributed by atoms with van der Waals surface area (Å²) in [4.78, 5) is 0. The van der Waals surface area contributed by atoms with Crippen molar-refractivity contribution >= 4 is 18.5 Å². The van der Waals surface area contributed by atoms with Gasteiger partial charge in [-0.05, 0) is 36.8 Å². The van der Waals surface area contributed by atoms with Crippen molar-refractivity contribution in [2.24, 2.45) is 0 Å². The van der Waals surface area contributed by atoms with Crippen LogP contribution in [0.1, 0.15) is 24.5 Å². The fourth-order valence-electron chi connectivity index (χ4n) is 2.49. The van der Waals surface area contributed by atoms with Gasteiger partial charge in [0.25, 0.3) is 0 Å². The minimum atomic E-state index is -4.60. The van der Waals surface area contributed by atoms with E-state index < -0.39 is 31.4 Å². The molecule has 7 heteroatoms. The molecule has 130 valence electrons. The van der Waals surface area contributed by atoms with Gasteiger partial charge in [0.2, 0.25) is 0 Å². The maximum absolute atomic E-state index is 13.3. The molecule has 0 unspecified atom stereocenters. The van der Waals surface area contributed by atoms with Crippen LogP contribution in [0.4, 0.5) is 26.3 Å². The third kappa shape index (κ3) is 4.10. The number of halogens is 6. The third-order valence-electron chi connectivity index (χ3n) is 3.45. The van der Waals surface area contributed by atoms with E-state index in [0.29, 0.717) is 6.42 Å². The van der Waals surface area contributed by atoms with Crippen LogP contribution in [0, 0.1) is 0 Å². The molecule has 0 nitrogen and oxygen atoms in total. The van der Waals surface area contributed by atoms with Crippen molar-refractivity contribution in [2.45, 2.75) is 25.7 Å². The lowest BCUT2D eigenvalue weighted by molar-refractivity contribution is -0.137. The molecule has 0 heterocycles. The fourth-order valence-corrected chi connectivity index (χ4v) is 5.20. The number of hydrogen-bond donors (Lipinski definition) is 0. The van der Waals surface area contributed by atoms with Gasteiger partial charge in [0.15, 0.2) is 0 Å². The van der Waals surface area contributed by atoms with E-state index in [4.69, 9.17) is 0 Å². The van der Waals surface area contributed by atoms with Crippen molar-refractivity contribution in [3.63, 3.8) is 0 Å². The van der Waals surface area contributed by atoms with Crippen molar-refractivity contribution in [2.75, 3.05) is 6.16 Å². The summed E-state index contributed by atoms with van der Waals surface area (Å²) in [6.45, 7) is 1.75. The fraction of sp³-hybridized carbons (Fsp3) is 0.294. The summed E-state index contributed by atoms with van der Waals surface area (Å²) in [5.41, 5.74) is -1.72. The largest absolute Gasteiger partial charge is 0.417 e. The summed E-state index contributed by atoms with van der Waals surface area (Å²) < 4.78 is 79.7. The minimum absolute atomic E-state index is 0.0569. The van der Waals surface area contributed by atoms with Crippen LogP contribution in [0.15, 0.2) is 48.5 Å². The Morgan fingerprint density at radius 2 is 1.08 bits per heavy atom. The third-order valence-corrected chi connectivity index (χ3v) is 6.29. The lowest BCUT2D eigenvalue weighted by atomic mass is 10.2. The molecule has 0 aromatic heterocycles. The Morgan fingerprint density at radius 3 is 1.42 bits per heavy atom. The maximum Gasteiger partial charge on any atom is 0.417 e. The average molecular weight is 364 g/mol. The van der Waals surface area contributed by atoms with Crippen molar-refractivity contribution in [3.8, 4) is 0 Å². The minimum Gasteiger partial charge on any atom is -0.166 e. The van der Waals surface area contributed by atoms with Crippen LogP contribution in [0.25, 0.3) is 0 Å². The highest BCUT2D eigenvalue weighted by Crippen LogP contribution is 2.43. The highest BCUT2D eigenvalue weighted by Gasteiger charge is 2.38. The van der Waals surface area contributed by atoms with Crippen LogP contribution in [-0.4, -0.2) is 6.16 Å². The molecule has 2 aromatic rings. The molecular weight excluding hydrogens is 349 g/mol. The Balaban J connectivity index is 2.66. The molecule has 0 radical (unpaired) electrons. The van der Waals surface area contributed by atoms with Gasteiger partial charge in [0, 0.05) is 0 Å². The summed E-state index contributed by atoms with van der Waals surface area (Å²) in [5.74, 6) is 0. The van der Waals surface area contributed by atoms with E-state index in [-0.39, 0.29) is 16.8 Å². The van der Waals surface area contributed by atoms with Crippen LogP contribution in [0.2, 0.25) is 0 Å². The predicted molar refractivity (Wildman–Crippen MR) is 84.2 cm³/mol. The molecule has 0 amide bonds. The number of benzene rings is 2. The van der Waals surface area contributed by atoms with E-state index >= 15 is 0 Å².